The summed E-state index contributed by atoms with van der Waals surface area (Å²) in [6.07, 6.45) is 2.61. The molecule has 0 aliphatic carbocycles. The number of nitrogens with zero attached hydrogens (tertiary/aromatic N) is 2. The number of thiazole rings is 1. The van der Waals surface area contributed by atoms with Gasteiger partial charge in [0.25, 0.3) is 11.5 Å². The number of fused-ring (bicyclic) bond motifs is 1. The summed E-state index contributed by atoms with van der Waals surface area (Å²) in [5, 5.41) is 2.80. The zero-order valence-corrected chi connectivity index (χ0v) is 18.9. The number of hydrogen-bond donors (Lipinski definition) is 1. The van der Waals surface area contributed by atoms with E-state index in [0.29, 0.717) is 32.6 Å². The van der Waals surface area contributed by atoms with Crippen molar-refractivity contribution in [1.82, 2.24) is 9.47 Å². The highest BCUT2D eigenvalue weighted by molar-refractivity contribution is 7.07. The molecule has 3 heterocycles. The first-order chi connectivity index (χ1) is 16.1. The molecule has 2 aliphatic heterocycles. The summed E-state index contributed by atoms with van der Waals surface area (Å²) < 4.78 is 22.2. The maximum Gasteiger partial charge on any atom is 0.269 e. The summed E-state index contributed by atoms with van der Waals surface area (Å²) >= 11 is 1.28. The van der Waals surface area contributed by atoms with E-state index >= 15 is 0 Å². The van der Waals surface area contributed by atoms with E-state index in [4.69, 9.17) is 4.74 Å². The minimum Gasteiger partial charge on any atom is -0.379 e. The number of morpholine rings is 1. The second kappa shape index (κ2) is 9.43. The molecule has 0 bridgehead atoms. The minimum absolute atomic E-state index is 0.133. The van der Waals surface area contributed by atoms with Crippen molar-refractivity contribution in [2.75, 3.05) is 38.2 Å². The summed E-state index contributed by atoms with van der Waals surface area (Å²) in [4.78, 5) is 28.6. The van der Waals surface area contributed by atoms with Gasteiger partial charge in [0, 0.05) is 37.4 Å². The fraction of sp³-hybridized carbons (Fsp3) is 0.280. The predicted molar refractivity (Wildman–Crippen MR) is 127 cm³/mol. The molecule has 33 heavy (non-hydrogen) atoms. The Balaban J connectivity index is 1.61. The van der Waals surface area contributed by atoms with Gasteiger partial charge in [-0.3, -0.25) is 19.1 Å². The SMILES string of the molecule is O=C1Nc2ccc(F)cc2/C1=c1\s/c(=C/c2ccccc2)c(=O)n1CCCN1CCOCC1. The first-order valence-corrected chi connectivity index (χ1v) is 11.8. The van der Waals surface area contributed by atoms with Crippen LogP contribution in [-0.4, -0.2) is 48.2 Å². The molecule has 170 valence electrons. The Hall–Kier alpha value is -3.07. The zero-order valence-electron chi connectivity index (χ0n) is 18.1. The molecule has 0 spiro atoms. The average molecular weight is 466 g/mol. The molecule has 2 aromatic carbocycles. The molecule has 1 aromatic heterocycles. The van der Waals surface area contributed by atoms with E-state index in [2.05, 4.69) is 10.2 Å². The third-order valence-electron chi connectivity index (χ3n) is 5.90. The fourth-order valence-corrected chi connectivity index (χ4v) is 5.43. The number of carbonyl (C=O) groups excluding carboxylic acids is 1. The Morgan fingerprint density at radius 2 is 1.85 bits per heavy atom. The maximum absolute atomic E-state index is 14.0. The van der Waals surface area contributed by atoms with E-state index < -0.39 is 5.82 Å². The van der Waals surface area contributed by atoms with Crippen molar-refractivity contribution in [3.8, 4) is 0 Å². The largest absolute Gasteiger partial charge is 0.379 e. The van der Waals surface area contributed by atoms with Gasteiger partial charge in [-0.2, -0.15) is 0 Å². The standard InChI is InChI=1S/C25H24FN3O3S/c26-18-7-8-20-19(16-18)22(23(30)27-20)25-29(10-4-9-28-11-13-32-14-12-28)24(31)21(33-25)15-17-5-2-1-3-6-17/h1-3,5-8,15-16H,4,9-14H2,(H,27,30)/b21-15+,25-22+. The van der Waals surface area contributed by atoms with E-state index in [1.165, 1.54) is 23.5 Å². The molecule has 6 nitrogen and oxygen atoms in total. The van der Waals surface area contributed by atoms with Crippen LogP contribution in [0.25, 0.3) is 11.6 Å². The number of amides is 1. The molecule has 1 N–H and O–H groups in total. The van der Waals surface area contributed by atoms with Crippen molar-refractivity contribution in [3.63, 3.8) is 0 Å². The highest BCUT2D eigenvalue weighted by atomic mass is 32.1. The van der Waals surface area contributed by atoms with Gasteiger partial charge in [0.2, 0.25) is 0 Å². The number of carbonyl (C=O) groups is 1. The molecule has 3 aromatic rings. The van der Waals surface area contributed by atoms with Crippen molar-refractivity contribution < 1.29 is 13.9 Å². The highest BCUT2D eigenvalue weighted by Crippen LogP contribution is 2.30. The first-order valence-electron chi connectivity index (χ1n) is 11.0. The van der Waals surface area contributed by atoms with Gasteiger partial charge in [-0.05, 0) is 36.3 Å². The number of benzene rings is 2. The van der Waals surface area contributed by atoms with Crippen molar-refractivity contribution in [3.05, 3.63) is 85.0 Å². The summed E-state index contributed by atoms with van der Waals surface area (Å²) in [5.41, 5.74) is 2.19. The number of ether oxygens (including phenoxy) is 1. The van der Waals surface area contributed by atoms with Crippen LogP contribution < -0.4 is 20.1 Å². The third kappa shape index (κ3) is 4.55. The Morgan fingerprint density at radius 3 is 2.64 bits per heavy atom. The van der Waals surface area contributed by atoms with Crippen LogP contribution in [0, 0.1) is 5.82 Å². The maximum atomic E-state index is 14.0. The highest BCUT2D eigenvalue weighted by Gasteiger charge is 2.27. The number of hydrogen-bond acceptors (Lipinski definition) is 5. The number of halogens is 1. The second-order valence-corrected chi connectivity index (χ2v) is 9.14. The Bertz CT molecular complexity index is 1360. The molecular weight excluding hydrogens is 441 g/mol. The molecule has 0 atom stereocenters. The van der Waals surface area contributed by atoms with E-state index in [0.717, 1.165) is 44.8 Å². The zero-order chi connectivity index (χ0) is 22.8. The van der Waals surface area contributed by atoms with Crippen LogP contribution in [0.4, 0.5) is 10.1 Å². The number of aromatic nitrogens is 1. The van der Waals surface area contributed by atoms with Crippen molar-refractivity contribution in [2.45, 2.75) is 13.0 Å². The number of anilines is 1. The van der Waals surface area contributed by atoms with Crippen LogP contribution in [0.15, 0.2) is 53.3 Å². The third-order valence-corrected chi connectivity index (χ3v) is 7.04. The average Bonchev–Trinajstić information content (AvgIpc) is 3.30. The normalized spacial score (nSPS) is 18.5. The molecule has 8 heteroatoms. The lowest BCUT2D eigenvalue weighted by Crippen LogP contribution is -2.38. The van der Waals surface area contributed by atoms with Crippen molar-refractivity contribution in [2.24, 2.45) is 0 Å². The van der Waals surface area contributed by atoms with Gasteiger partial charge in [-0.25, -0.2) is 4.39 Å². The molecular formula is C25H24FN3O3S. The summed E-state index contributed by atoms with van der Waals surface area (Å²) in [5.74, 6) is -0.735. The van der Waals surface area contributed by atoms with Crippen LogP contribution in [0.2, 0.25) is 0 Å². The molecule has 1 saturated heterocycles. The molecule has 1 fully saturated rings. The molecule has 0 saturated carbocycles. The molecule has 0 unspecified atom stereocenters. The van der Waals surface area contributed by atoms with Crippen LogP contribution >= 0.6 is 11.3 Å². The summed E-state index contributed by atoms with van der Waals surface area (Å²) in [7, 11) is 0. The van der Waals surface area contributed by atoms with Crippen LogP contribution in [0.5, 0.6) is 0 Å². The predicted octanol–water partition coefficient (Wildman–Crippen LogP) is 1.75. The first kappa shape index (κ1) is 21.8. The van der Waals surface area contributed by atoms with Gasteiger partial charge in [-0.15, -0.1) is 11.3 Å². The number of nitrogens with one attached hydrogen (secondary N) is 1. The molecule has 1 amide bonds. The van der Waals surface area contributed by atoms with Crippen LogP contribution in [0.1, 0.15) is 17.5 Å². The number of rotatable bonds is 5. The van der Waals surface area contributed by atoms with Gasteiger partial charge >= 0.3 is 0 Å². The quantitative estimate of drug-likeness (QED) is 0.624. The van der Waals surface area contributed by atoms with Crippen molar-refractivity contribution >= 4 is 34.6 Å². The van der Waals surface area contributed by atoms with Gasteiger partial charge < -0.3 is 10.1 Å². The Morgan fingerprint density at radius 1 is 1.06 bits per heavy atom. The van der Waals surface area contributed by atoms with Gasteiger partial charge in [0.1, 0.15) is 10.5 Å². The van der Waals surface area contributed by atoms with Gasteiger partial charge in [0.05, 0.1) is 23.3 Å². The topological polar surface area (TPSA) is 63.6 Å². The molecule has 2 aliphatic rings. The van der Waals surface area contributed by atoms with E-state index in [1.54, 1.807) is 10.6 Å². The van der Waals surface area contributed by atoms with E-state index in [9.17, 15) is 14.0 Å². The Labute approximate surface area is 194 Å². The summed E-state index contributed by atoms with van der Waals surface area (Å²) in [6, 6.07) is 13.8. The minimum atomic E-state index is -0.420. The van der Waals surface area contributed by atoms with Crippen LogP contribution in [0.3, 0.4) is 0 Å². The lowest BCUT2D eigenvalue weighted by molar-refractivity contribution is -0.110. The van der Waals surface area contributed by atoms with E-state index in [-0.39, 0.29) is 11.5 Å². The second-order valence-electron chi connectivity index (χ2n) is 8.11. The van der Waals surface area contributed by atoms with E-state index in [1.807, 2.05) is 36.4 Å². The monoisotopic (exact) mass is 465 g/mol. The summed E-state index contributed by atoms with van der Waals surface area (Å²) in [6.45, 7) is 4.53. The lowest BCUT2D eigenvalue weighted by Gasteiger charge is -2.26. The van der Waals surface area contributed by atoms with Gasteiger partial charge in [-0.1, -0.05) is 30.3 Å². The van der Waals surface area contributed by atoms with Crippen LogP contribution in [-0.2, 0) is 16.1 Å². The molecule has 5 rings (SSSR count). The fourth-order valence-electron chi connectivity index (χ4n) is 4.24. The molecule has 0 radical (unpaired) electrons. The Kier molecular flexibility index (Phi) is 6.22. The smallest absolute Gasteiger partial charge is 0.269 e. The van der Waals surface area contributed by atoms with Gasteiger partial charge in [0.15, 0.2) is 0 Å². The lowest BCUT2D eigenvalue weighted by atomic mass is 10.1. The van der Waals surface area contributed by atoms with Crippen molar-refractivity contribution in [1.29, 1.82) is 0 Å².